The zero-order valence-electron chi connectivity index (χ0n) is 18.0. The van der Waals surface area contributed by atoms with Crippen LogP contribution >= 0.6 is 23.2 Å². The van der Waals surface area contributed by atoms with Crippen molar-refractivity contribution in [1.82, 2.24) is 0 Å². The van der Waals surface area contributed by atoms with Crippen LogP contribution in [0.2, 0.25) is 10.0 Å². The number of benzene rings is 3. The Bertz CT molecular complexity index is 1230. The van der Waals surface area contributed by atoms with Crippen LogP contribution in [-0.2, 0) is 16.9 Å². The highest BCUT2D eigenvalue weighted by molar-refractivity contribution is 6.31. The number of hydrogen-bond acceptors (Lipinski definition) is 5. The Hall–Kier alpha value is -3.06. The predicted molar refractivity (Wildman–Crippen MR) is 126 cm³/mol. The molecule has 4 rings (SSSR count). The van der Waals surface area contributed by atoms with Gasteiger partial charge in [-0.25, -0.2) is 0 Å². The van der Waals surface area contributed by atoms with E-state index in [0.29, 0.717) is 32.8 Å². The minimum atomic E-state index is -2.06. The largest absolute Gasteiger partial charge is 0.493 e. The van der Waals surface area contributed by atoms with E-state index in [2.05, 4.69) is 0 Å². The fourth-order valence-electron chi connectivity index (χ4n) is 3.97. The third-order valence-electron chi connectivity index (χ3n) is 5.67. The van der Waals surface area contributed by atoms with Crippen molar-refractivity contribution in [2.24, 2.45) is 0 Å². The molecule has 3 aromatic rings. The first-order valence-corrected chi connectivity index (χ1v) is 10.9. The van der Waals surface area contributed by atoms with Crippen LogP contribution in [0.5, 0.6) is 11.5 Å². The maximum atomic E-state index is 13.5. The van der Waals surface area contributed by atoms with Crippen LogP contribution < -0.4 is 14.4 Å². The quantitative estimate of drug-likeness (QED) is 0.475. The van der Waals surface area contributed by atoms with Crippen LogP contribution in [0.25, 0.3) is 0 Å². The minimum absolute atomic E-state index is 0.206. The molecule has 3 aromatic carbocycles. The Balaban J connectivity index is 1.69. The third kappa shape index (κ3) is 4.29. The van der Waals surface area contributed by atoms with E-state index >= 15 is 0 Å². The number of aliphatic hydroxyl groups is 1. The number of amides is 1. The number of halogens is 2. The van der Waals surface area contributed by atoms with E-state index in [1.165, 1.54) is 31.3 Å². The molecule has 33 heavy (non-hydrogen) atoms. The minimum Gasteiger partial charge on any atom is -0.493 e. The number of anilines is 1. The molecular weight excluding hydrogens is 465 g/mol. The molecule has 6 nitrogen and oxygen atoms in total. The van der Waals surface area contributed by atoms with E-state index in [0.717, 1.165) is 5.56 Å². The van der Waals surface area contributed by atoms with Crippen molar-refractivity contribution < 1.29 is 24.2 Å². The van der Waals surface area contributed by atoms with Crippen LogP contribution in [0.15, 0.2) is 60.7 Å². The van der Waals surface area contributed by atoms with Gasteiger partial charge in [-0.3, -0.25) is 9.59 Å². The van der Waals surface area contributed by atoms with Gasteiger partial charge in [0, 0.05) is 21.2 Å². The molecule has 0 saturated heterocycles. The predicted octanol–water partition coefficient (Wildman–Crippen LogP) is 5.02. The van der Waals surface area contributed by atoms with Crippen molar-refractivity contribution in [3.8, 4) is 11.5 Å². The van der Waals surface area contributed by atoms with Gasteiger partial charge in [0.05, 0.1) is 32.9 Å². The molecular formula is C25H21Cl2NO5. The number of Topliss-reactive ketones (excluding diaryl/α,β-unsaturated/α-hetero) is 1. The number of fused-ring (bicyclic) bond motifs is 1. The molecule has 1 unspecified atom stereocenters. The highest BCUT2D eigenvalue weighted by atomic mass is 35.5. The number of nitrogens with zero attached hydrogens (tertiary/aromatic N) is 1. The number of carbonyl (C=O) groups excluding carboxylic acids is 2. The molecule has 1 amide bonds. The first kappa shape index (κ1) is 23.1. The molecule has 8 heteroatoms. The standard InChI is InChI=1S/C25H21Cl2NO5/c1-32-22-10-5-16(11-23(22)33-2)21(29)13-25(31)19-12-18(27)8-9-20(19)28(24(25)30)14-15-3-6-17(26)7-4-15/h3-12,31H,13-14H2,1-2H3. The molecule has 0 spiro atoms. The monoisotopic (exact) mass is 485 g/mol. The van der Waals surface area contributed by atoms with Gasteiger partial charge in [-0.2, -0.15) is 0 Å². The summed E-state index contributed by atoms with van der Waals surface area (Å²) in [6.07, 6.45) is -0.453. The SMILES string of the molecule is COc1ccc(C(=O)CC2(O)C(=O)N(Cc3ccc(Cl)cc3)c3ccc(Cl)cc32)cc1OC. The summed E-state index contributed by atoms with van der Waals surface area (Å²) in [6.45, 7) is 0.206. The Kier molecular flexibility index (Phi) is 6.34. The molecule has 0 radical (unpaired) electrons. The van der Waals surface area contributed by atoms with E-state index in [9.17, 15) is 14.7 Å². The smallest absolute Gasteiger partial charge is 0.264 e. The molecule has 0 aliphatic carbocycles. The average Bonchev–Trinajstić information content (AvgIpc) is 3.01. The van der Waals surface area contributed by atoms with Crippen LogP contribution in [0.3, 0.4) is 0 Å². The number of hydrogen-bond donors (Lipinski definition) is 1. The van der Waals surface area contributed by atoms with Crippen molar-refractivity contribution in [2.75, 3.05) is 19.1 Å². The van der Waals surface area contributed by atoms with Crippen molar-refractivity contribution in [3.63, 3.8) is 0 Å². The van der Waals surface area contributed by atoms with E-state index in [1.807, 2.05) is 0 Å². The molecule has 170 valence electrons. The lowest BCUT2D eigenvalue weighted by molar-refractivity contribution is -0.136. The van der Waals surface area contributed by atoms with Gasteiger partial charge < -0.3 is 19.5 Å². The summed E-state index contributed by atoms with van der Waals surface area (Å²) in [5, 5.41) is 12.5. The molecule has 0 fully saturated rings. The summed E-state index contributed by atoms with van der Waals surface area (Å²) >= 11 is 12.1. The number of ether oxygens (including phenoxy) is 2. The fraction of sp³-hybridized carbons (Fsp3) is 0.200. The molecule has 1 N–H and O–H groups in total. The Labute approximate surface area is 201 Å². The second kappa shape index (κ2) is 9.06. The van der Waals surface area contributed by atoms with Crippen molar-refractivity contribution in [3.05, 3.63) is 87.4 Å². The number of methoxy groups -OCH3 is 2. The maximum Gasteiger partial charge on any atom is 0.264 e. The van der Waals surface area contributed by atoms with Gasteiger partial charge >= 0.3 is 0 Å². The summed E-state index contributed by atoms with van der Waals surface area (Å²) in [6, 6.07) is 16.6. The fourth-order valence-corrected chi connectivity index (χ4v) is 4.27. The summed E-state index contributed by atoms with van der Waals surface area (Å²) < 4.78 is 10.5. The van der Waals surface area contributed by atoms with Crippen LogP contribution in [0.4, 0.5) is 5.69 Å². The normalized spacial score (nSPS) is 17.1. The van der Waals surface area contributed by atoms with E-state index < -0.39 is 23.7 Å². The third-order valence-corrected chi connectivity index (χ3v) is 6.16. The molecule has 0 aromatic heterocycles. The highest BCUT2D eigenvalue weighted by Crippen LogP contribution is 2.45. The molecule has 0 bridgehead atoms. The van der Waals surface area contributed by atoms with Crippen molar-refractivity contribution in [1.29, 1.82) is 0 Å². The lowest BCUT2D eigenvalue weighted by atomic mass is 9.88. The lowest BCUT2D eigenvalue weighted by Gasteiger charge is -2.23. The van der Waals surface area contributed by atoms with Gasteiger partial charge in [0.2, 0.25) is 0 Å². The van der Waals surface area contributed by atoms with E-state index in [1.54, 1.807) is 48.5 Å². The maximum absolute atomic E-state index is 13.5. The van der Waals surface area contributed by atoms with E-state index in [-0.39, 0.29) is 12.1 Å². The van der Waals surface area contributed by atoms with Gasteiger partial charge in [-0.05, 0) is 54.1 Å². The van der Waals surface area contributed by atoms with Crippen LogP contribution in [0.1, 0.15) is 27.9 Å². The van der Waals surface area contributed by atoms with Crippen LogP contribution in [-0.4, -0.2) is 31.0 Å². The number of rotatable bonds is 7. The second-order valence-electron chi connectivity index (χ2n) is 7.71. The highest BCUT2D eigenvalue weighted by Gasteiger charge is 2.51. The van der Waals surface area contributed by atoms with Gasteiger partial charge in [0.1, 0.15) is 0 Å². The van der Waals surface area contributed by atoms with Gasteiger partial charge in [-0.15, -0.1) is 0 Å². The number of ketones is 1. The molecule has 0 saturated carbocycles. The summed E-state index contributed by atoms with van der Waals surface area (Å²) in [5.41, 5.74) is -0.154. The lowest BCUT2D eigenvalue weighted by Crippen LogP contribution is -2.41. The first-order valence-electron chi connectivity index (χ1n) is 10.1. The van der Waals surface area contributed by atoms with Gasteiger partial charge in [0.25, 0.3) is 5.91 Å². The second-order valence-corrected chi connectivity index (χ2v) is 8.58. The zero-order valence-corrected chi connectivity index (χ0v) is 19.5. The summed E-state index contributed by atoms with van der Waals surface area (Å²) in [5.74, 6) is -0.175. The molecule has 1 atom stereocenters. The van der Waals surface area contributed by atoms with E-state index in [4.69, 9.17) is 32.7 Å². The Morgan fingerprint density at radius 1 is 0.939 bits per heavy atom. The van der Waals surface area contributed by atoms with Gasteiger partial charge in [0.15, 0.2) is 22.9 Å². The topological polar surface area (TPSA) is 76.1 Å². The summed E-state index contributed by atoms with van der Waals surface area (Å²) in [7, 11) is 2.96. The zero-order chi connectivity index (χ0) is 23.8. The van der Waals surface area contributed by atoms with Crippen LogP contribution in [0, 0.1) is 0 Å². The van der Waals surface area contributed by atoms with Crippen molar-refractivity contribution >= 4 is 40.6 Å². The first-order chi connectivity index (χ1) is 15.8. The Morgan fingerprint density at radius 3 is 2.27 bits per heavy atom. The molecule has 1 aliphatic rings. The summed E-state index contributed by atoms with van der Waals surface area (Å²) in [4.78, 5) is 28.1. The molecule has 1 heterocycles. The number of carbonyl (C=O) groups is 2. The molecule has 1 aliphatic heterocycles. The Morgan fingerprint density at radius 2 is 1.61 bits per heavy atom. The average molecular weight is 486 g/mol. The van der Waals surface area contributed by atoms with Crippen molar-refractivity contribution in [2.45, 2.75) is 18.6 Å². The van der Waals surface area contributed by atoms with Gasteiger partial charge in [-0.1, -0.05) is 35.3 Å².